The van der Waals surface area contributed by atoms with Crippen molar-refractivity contribution in [2.24, 2.45) is 11.8 Å². The van der Waals surface area contributed by atoms with Gasteiger partial charge >= 0.3 is 0 Å². The molecule has 2 rings (SSSR count). The summed E-state index contributed by atoms with van der Waals surface area (Å²) in [5, 5.41) is 0. The largest absolute Gasteiger partial charge is 0.299 e. The van der Waals surface area contributed by atoms with E-state index >= 15 is 0 Å². The number of hydrogen-bond donors (Lipinski definition) is 0. The standard InChI is InChI=1S/C12H12BrFO/c1-7-4-10(7)12(15)5-8-2-3-9(14)6-11(8)13/h2-3,6-7,10H,4-5H2,1H3. The second kappa shape index (κ2) is 4.05. The Balaban J connectivity index is 2.07. The topological polar surface area (TPSA) is 17.1 Å². The van der Waals surface area contributed by atoms with E-state index in [2.05, 4.69) is 22.9 Å². The molecule has 0 aromatic heterocycles. The summed E-state index contributed by atoms with van der Waals surface area (Å²) in [4.78, 5) is 11.7. The molecule has 1 aromatic rings. The Morgan fingerprint density at radius 2 is 2.27 bits per heavy atom. The number of carbonyl (C=O) groups excluding carboxylic acids is 1. The number of hydrogen-bond acceptors (Lipinski definition) is 1. The van der Waals surface area contributed by atoms with E-state index in [0.717, 1.165) is 12.0 Å². The summed E-state index contributed by atoms with van der Waals surface area (Å²) >= 11 is 3.27. The van der Waals surface area contributed by atoms with Gasteiger partial charge in [0.1, 0.15) is 11.6 Å². The highest BCUT2D eigenvalue weighted by Crippen LogP contribution is 2.39. The van der Waals surface area contributed by atoms with Crippen molar-refractivity contribution >= 4 is 21.7 Å². The first-order chi connectivity index (χ1) is 7.08. The lowest BCUT2D eigenvalue weighted by molar-refractivity contribution is -0.119. The van der Waals surface area contributed by atoms with E-state index in [1.165, 1.54) is 12.1 Å². The number of Topliss-reactive ketones (excluding diaryl/α,β-unsaturated/α-hetero) is 1. The fraction of sp³-hybridized carbons (Fsp3) is 0.417. The van der Waals surface area contributed by atoms with E-state index in [0.29, 0.717) is 16.8 Å². The van der Waals surface area contributed by atoms with Gasteiger partial charge in [0, 0.05) is 16.8 Å². The van der Waals surface area contributed by atoms with Crippen LogP contribution in [0.3, 0.4) is 0 Å². The Hall–Kier alpha value is -0.700. The molecule has 2 unspecified atom stereocenters. The summed E-state index contributed by atoms with van der Waals surface area (Å²) in [6, 6.07) is 4.47. The van der Waals surface area contributed by atoms with E-state index in [-0.39, 0.29) is 17.5 Å². The van der Waals surface area contributed by atoms with Crippen LogP contribution in [0.4, 0.5) is 4.39 Å². The second-order valence-corrected chi connectivity index (χ2v) is 5.05. The normalized spacial score (nSPS) is 23.9. The third kappa shape index (κ3) is 2.46. The van der Waals surface area contributed by atoms with Crippen LogP contribution in [0, 0.1) is 17.7 Å². The van der Waals surface area contributed by atoms with Gasteiger partial charge in [0.2, 0.25) is 0 Å². The minimum Gasteiger partial charge on any atom is -0.299 e. The van der Waals surface area contributed by atoms with Gasteiger partial charge in [-0.1, -0.05) is 28.9 Å². The third-order valence-electron chi connectivity index (χ3n) is 2.90. The highest BCUT2D eigenvalue weighted by atomic mass is 79.9. The van der Waals surface area contributed by atoms with Crippen LogP contribution in [0.5, 0.6) is 0 Å². The predicted octanol–water partition coefficient (Wildman–Crippen LogP) is 3.36. The molecule has 1 saturated carbocycles. The number of benzene rings is 1. The lowest BCUT2D eigenvalue weighted by Gasteiger charge is -2.03. The quantitative estimate of drug-likeness (QED) is 0.823. The minimum atomic E-state index is -0.280. The highest BCUT2D eigenvalue weighted by molar-refractivity contribution is 9.10. The molecule has 0 bridgehead atoms. The summed E-state index contributed by atoms with van der Waals surface area (Å²) in [6.45, 7) is 2.09. The maximum atomic E-state index is 12.8. The molecular formula is C12H12BrFO. The summed E-state index contributed by atoms with van der Waals surface area (Å²) in [5.41, 5.74) is 0.875. The van der Waals surface area contributed by atoms with Gasteiger partial charge in [-0.15, -0.1) is 0 Å². The van der Waals surface area contributed by atoms with Crippen molar-refractivity contribution in [2.75, 3.05) is 0 Å². The van der Waals surface area contributed by atoms with Crippen molar-refractivity contribution in [1.29, 1.82) is 0 Å². The first kappa shape index (κ1) is 10.8. The zero-order valence-electron chi connectivity index (χ0n) is 8.47. The summed E-state index contributed by atoms with van der Waals surface area (Å²) < 4.78 is 13.5. The zero-order chi connectivity index (χ0) is 11.0. The van der Waals surface area contributed by atoms with Crippen molar-refractivity contribution in [1.82, 2.24) is 0 Å². The molecule has 1 nitrogen and oxygen atoms in total. The molecule has 0 radical (unpaired) electrons. The molecule has 1 aromatic carbocycles. The van der Waals surface area contributed by atoms with Gasteiger partial charge < -0.3 is 0 Å². The molecule has 1 fully saturated rings. The maximum Gasteiger partial charge on any atom is 0.140 e. The number of rotatable bonds is 3. The Morgan fingerprint density at radius 3 is 2.80 bits per heavy atom. The summed E-state index contributed by atoms with van der Waals surface area (Å²) in [6.07, 6.45) is 1.42. The molecule has 1 aliphatic rings. The van der Waals surface area contributed by atoms with Crippen LogP contribution in [0.15, 0.2) is 22.7 Å². The molecule has 2 atom stereocenters. The molecule has 80 valence electrons. The van der Waals surface area contributed by atoms with Crippen LogP contribution >= 0.6 is 15.9 Å². The Labute approximate surface area is 96.8 Å². The predicted molar refractivity (Wildman–Crippen MR) is 60.1 cm³/mol. The van der Waals surface area contributed by atoms with Crippen molar-refractivity contribution in [2.45, 2.75) is 19.8 Å². The number of ketones is 1. The molecule has 0 saturated heterocycles. The van der Waals surface area contributed by atoms with Gasteiger partial charge in [-0.3, -0.25) is 4.79 Å². The van der Waals surface area contributed by atoms with Crippen molar-refractivity contribution in [3.8, 4) is 0 Å². The van der Waals surface area contributed by atoms with Crippen LogP contribution in [-0.2, 0) is 11.2 Å². The van der Waals surface area contributed by atoms with E-state index < -0.39 is 0 Å². The SMILES string of the molecule is CC1CC1C(=O)Cc1ccc(F)cc1Br. The molecule has 0 spiro atoms. The van der Waals surface area contributed by atoms with Crippen LogP contribution in [0.1, 0.15) is 18.9 Å². The minimum absolute atomic E-state index is 0.238. The lowest BCUT2D eigenvalue weighted by atomic mass is 10.1. The smallest absolute Gasteiger partial charge is 0.140 e. The first-order valence-corrected chi connectivity index (χ1v) is 5.84. The molecule has 0 amide bonds. The summed E-state index contributed by atoms with van der Waals surface area (Å²) in [7, 11) is 0. The Kier molecular flexibility index (Phi) is 2.91. The van der Waals surface area contributed by atoms with Crippen LogP contribution in [0.2, 0.25) is 0 Å². The lowest BCUT2D eigenvalue weighted by Crippen LogP contribution is -2.06. The van der Waals surface area contributed by atoms with E-state index in [1.54, 1.807) is 6.07 Å². The van der Waals surface area contributed by atoms with Crippen molar-refractivity contribution < 1.29 is 9.18 Å². The first-order valence-electron chi connectivity index (χ1n) is 5.04. The van der Waals surface area contributed by atoms with E-state index in [9.17, 15) is 9.18 Å². The van der Waals surface area contributed by atoms with Gasteiger partial charge in [-0.25, -0.2) is 4.39 Å². The van der Waals surface area contributed by atoms with Crippen molar-refractivity contribution in [3.63, 3.8) is 0 Å². The van der Waals surface area contributed by atoms with Crippen molar-refractivity contribution in [3.05, 3.63) is 34.1 Å². The molecule has 3 heteroatoms. The fourth-order valence-corrected chi connectivity index (χ4v) is 2.25. The average Bonchev–Trinajstić information content (AvgIpc) is 2.88. The number of halogens is 2. The van der Waals surface area contributed by atoms with Crippen LogP contribution in [0.25, 0.3) is 0 Å². The summed E-state index contributed by atoms with van der Waals surface area (Å²) in [5.74, 6) is 0.770. The van der Waals surface area contributed by atoms with Crippen LogP contribution < -0.4 is 0 Å². The fourth-order valence-electron chi connectivity index (χ4n) is 1.75. The molecular weight excluding hydrogens is 259 g/mol. The highest BCUT2D eigenvalue weighted by Gasteiger charge is 2.38. The van der Waals surface area contributed by atoms with Gasteiger partial charge in [-0.05, 0) is 30.0 Å². The van der Waals surface area contributed by atoms with Gasteiger partial charge in [0.05, 0.1) is 0 Å². The molecule has 0 heterocycles. The molecule has 0 aliphatic heterocycles. The zero-order valence-corrected chi connectivity index (χ0v) is 10.1. The van der Waals surface area contributed by atoms with Gasteiger partial charge in [0.25, 0.3) is 0 Å². The molecule has 0 N–H and O–H groups in total. The number of carbonyl (C=O) groups is 1. The van der Waals surface area contributed by atoms with Crippen LogP contribution in [-0.4, -0.2) is 5.78 Å². The molecule has 1 aliphatic carbocycles. The van der Waals surface area contributed by atoms with Gasteiger partial charge in [0.15, 0.2) is 0 Å². The average molecular weight is 271 g/mol. The van der Waals surface area contributed by atoms with E-state index in [1.807, 2.05) is 0 Å². The Bertz CT molecular complexity index is 403. The monoisotopic (exact) mass is 270 g/mol. The maximum absolute atomic E-state index is 12.8. The third-order valence-corrected chi connectivity index (χ3v) is 3.64. The second-order valence-electron chi connectivity index (χ2n) is 4.20. The Morgan fingerprint density at radius 1 is 1.60 bits per heavy atom. The van der Waals surface area contributed by atoms with E-state index in [4.69, 9.17) is 0 Å². The molecule has 15 heavy (non-hydrogen) atoms. The van der Waals surface area contributed by atoms with Gasteiger partial charge in [-0.2, -0.15) is 0 Å².